The van der Waals surface area contributed by atoms with E-state index < -0.39 is 0 Å². The van der Waals surface area contributed by atoms with Crippen molar-refractivity contribution in [3.63, 3.8) is 0 Å². The zero-order valence-corrected chi connectivity index (χ0v) is 8.56. The summed E-state index contributed by atoms with van der Waals surface area (Å²) >= 11 is 0. The SMILES string of the molecule is Nc1nccc(N2C[C@H]3CNC[C@@H]3C2)n1. The van der Waals surface area contributed by atoms with E-state index in [1.807, 2.05) is 6.07 Å². The van der Waals surface area contributed by atoms with E-state index in [-0.39, 0.29) is 0 Å². The van der Waals surface area contributed by atoms with Crippen LogP contribution in [0.2, 0.25) is 0 Å². The number of hydrogen-bond donors (Lipinski definition) is 2. The molecule has 0 bridgehead atoms. The van der Waals surface area contributed by atoms with Gasteiger partial charge in [-0.05, 0) is 17.9 Å². The highest BCUT2D eigenvalue weighted by Gasteiger charge is 2.36. The Morgan fingerprint density at radius 1 is 1.33 bits per heavy atom. The molecule has 0 saturated carbocycles. The standard InChI is InChI=1S/C10H15N5/c11-10-13-2-1-9(14-10)15-5-7-3-12-4-8(7)6-15/h1-2,7-8,12H,3-6H2,(H2,11,13,14)/t7-,8-/m1/s1. The quantitative estimate of drug-likeness (QED) is 0.659. The molecule has 5 heteroatoms. The molecule has 0 amide bonds. The van der Waals surface area contributed by atoms with E-state index in [1.165, 1.54) is 0 Å². The Hall–Kier alpha value is -1.36. The van der Waals surface area contributed by atoms with E-state index in [9.17, 15) is 0 Å². The van der Waals surface area contributed by atoms with Crippen molar-refractivity contribution in [3.05, 3.63) is 12.3 Å². The monoisotopic (exact) mass is 205 g/mol. The van der Waals surface area contributed by atoms with E-state index in [1.54, 1.807) is 6.20 Å². The number of aromatic nitrogens is 2. The second-order valence-electron chi connectivity index (χ2n) is 4.36. The molecule has 80 valence electrons. The highest BCUT2D eigenvalue weighted by atomic mass is 15.2. The van der Waals surface area contributed by atoms with Gasteiger partial charge in [-0.15, -0.1) is 0 Å². The van der Waals surface area contributed by atoms with Crippen LogP contribution in [0.3, 0.4) is 0 Å². The molecule has 0 radical (unpaired) electrons. The third kappa shape index (κ3) is 1.52. The zero-order valence-electron chi connectivity index (χ0n) is 8.56. The van der Waals surface area contributed by atoms with E-state index in [2.05, 4.69) is 20.2 Å². The molecule has 0 unspecified atom stereocenters. The van der Waals surface area contributed by atoms with Gasteiger partial charge < -0.3 is 16.0 Å². The van der Waals surface area contributed by atoms with Crippen LogP contribution in [-0.4, -0.2) is 36.1 Å². The smallest absolute Gasteiger partial charge is 0.221 e. The third-order valence-corrected chi connectivity index (χ3v) is 3.37. The first-order valence-electron chi connectivity index (χ1n) is 5.37. The Kier molecular flexibility index (Phi) is 1.98. The molecule has 5 nitrogen and oxygen atoms in total. The second-order valence-corrected chi connectivity index (χ2v) is 4.36. The lowest BCUT2D eigenvalue weighted by Gasteiger charge is -2.18. The first-order chi connectivity index (χ1) is 7.33. The summed E-state index contributed by atoms with van der Waals surface area (Å²) in [6.07, 6.45) is 1.73. The molecule has 2 fully saturated rings. The molecule has 0 aromatic carbocycles. The van der Waals surface area contributed by atoms with Crippen LogP contribution in [0.5, 0.6) is 0 Å². The number of nitrogens with zero attached hydrogens (tertiary/aromatic N) is 3. The maximum Gasteiger partial charge on any atom is 0.221 e. The Bertz CT molecular complexity index is 355. The lowest BCUT2D eigenvalue weighted by Crippen LogP contribution is -2.26. The molecule has 1 aromatic rings. The average Bonchev–Trinajstić information content (AvgIpc) is 2.76. The molecule has 2 aliphatic heterocycles. The summed E-state index contributed by atoms with van der Waals surface area (Å²) in [5, 5.41) is 3.42. The lowest BCUT2D eigenvalue weighted by atomic mass is 10.0. The van der Waals surface area contributed by atoms with Gasteiger partial charge in [0.25, 0.3) is 0 Å². The van der Waals surface area contributed by atoms with Crippen LogP contribution in [0.15, 0.2) is 12.3 Å². The van der Waals surface area contributed by atoms with Crippen molar-refractivity contribution in [3.8, 4) is 0 Å². The van der Waals surface area contributed by atoms with Crippen molar-refractivity contribution in [1.82, 2.24) is 15.3 Å². The van der Waals surface area contributed by atoms with Crippen LogP contribution in [0.1, 0.15) is 0 Å². The van der Waals surface area contributed by atoms with Gasteiger partial charge >= 0.3 is 0 Å². The van der Waals surface area contributed by atoms with Gasteiger partial charge in [0.2, 0.25) is 5.95 Å². The van der Waals surface area contributed by atoms with Crippen LogP contribution in [-0.2, 0) is 0 Å². The summed E-state index contributed by atoms with van der Waals surface area (Å²) < 4.78 is 0. The molecule has 0 spiro atoms. The van der Waals surface area contributed by atoms with Crippen molar-refractivity contribution in [2.45, 2.75) is 0 Å². The molecule has 3 rings (SSSR count). The first kappa shape index (κ1) is 8.91. The number of fused-ring (bicyclic) bond motifs is 1. The van der Waals surface area contributed by atoms with Crippen molar-refractivity contribution in [1.29, 1.82) is 0 Å². The van der Waals surface area contributed by atoms with Gasteiger partial charge in [0, 0.05) is 32.4 Å². The van der Waals surface area contributed by atoms with Gasteiger partial charge in [0.05, 0.1) is 0 Å². The molecule has 1 aromatic heterocycles. The van der Waals surface area contributed by atoms with Crippen LogP contribution < -0.4 is 16.0 Å². The fourth-order valence-electron chi connectivity index (χ4n) is 2.58. The minimum Gasteiger partial charge on any atom is -0.368 e. The Morgan fingerprint density at radius 2 is 2.07 bits per heavy atom. The Labute approximate surface area is 88.7 Å². The maximum absolute atomic E-state index is 5.58. The van der Waals surface area contributed by atoms with Crippen molar-refractivity contribution in [2.75, 3.05) is 36.8 Å². The number of nitrogens with two attached hydrogens (primary N) is 1. The fraction of sp³-hybridized carbons (Fsp3) is 0.600. The third-order valence-electron chi connectivity index (χ3n) is 3.37. The number of nitrogen functional groups attached to an aromatic ring is 1. The summed E-state index contributed by atoms with van der Waals surface area (Å²) in [6.45, 7) is 4.46. The number of hydrogen-bond acceptors (Lipinski definition) is 5. The van der Waals surface area contributed by atoms with Crippen LogP contribution in [0.4, 0.5) is 11.8 Å². The van der Waals surface area contributed by atoms with Gasteiger partial charge in [-0.3, -0.25) is 0 Å². The molecular weight excluding hydrogens is 190 g/mol. The van der Waals surface area contributed by atoms with Crippen molar-refractivity contribution >= 4 is 11.8 Å². The van der Waals surface area contributed by atoms with Gasteiger partial charge in [-0.25, -0.2) is 4.98 Å². The van der Waals surface area contributed by atoms with Crippen LogP contribution in [0, 0.1) is 11.8 Å². The van der Waals surface area contributed by atoms with Crippen LogP contribution in [0.25, 0.3) is 0 Å². The molecule has 2 saturated heterocycles. The van der Waals surface area contributed by atoms with Crippen molar-refractivity contribution in [2.24, 2.45) is 11.8 Å². The fourth-order valence-corrected chi connectivity index (χ4v) is 2.58. The summed E-state index contributed by atoms with van der Waals surface area (Å²) in [6, 6.07) is 1.94. The van der Waals surface area contributed by atoms with E-state index in [4.69, 9.17) is 5.73 Å². The molecule has 2 aliphatic rings. The largest absolute Gasteiger partial charge is 0.368 e. The molecule has 15 heavy (non-hydrogen) atoms. The highest BCUT2D eigenvalue weighted by Crippen LogP contribution is 2.29. The predicted octanol–water partition coefficient (Wildman–Crippen LogP) is -0.286. The van der Waals surface area contributed by atoms with E-state index in [0.29, 0.717) is 5.95 Å². The molecule has 0 aliphatic carbocycles. The molecule has 3 N–H and O–H groups in total. The number of anilines is 2. The highest BCUT2D eigenvalue weighted by molar-refractivity contribution is 5.42. The van der Waals surface area contributed by atoms with Gasteiger partial charge in [0.1, 0.15) is 5.82 Å². The van der Waals surface area contributed by atoms with Gasteiger partial charge in [-0.1, -0.05) is 0 Å². The second kappa shape index (κ2) is 3.34. The minimum absolute atomic E-state index is 0.364. The summed E-state index contributed by atoms with van der Waals surface area (Å²) in [5.74, 6) is 2.89. The van der Waals surface area contributed by atoms with E-state index >= 15 is 0 Å². The minimum atomic E-state index is 0.364. The first-order valence-corrected chi connectivity index (χ1v) is 5.37. The summed E-state index contributed by atoms with van der Waals surface area (Å²) in [4.78, 5) is 10.5. The Morgan fingerprint density at radius 3 is 2.73 bits per heavy atom. The van der Waals surface area contributed by atoms with Gasteiger partial charge in [-0.2, -0.15) is 4.98 Å². The predicted molar refractivity (Wildman–Crippen MR) is 58.5 cm³/mol. The average molecular weight is 205 g/mol. The summed E-state index contributed by atoms with van der Waals surface area (Å²) in [5.41, 5.74) is 5.58. The van der Waals surface area contributed by atoms with Crippen molar-refractivity contribution < 1.29 is 0 Å². The van der Waals surface area contributed by atoms with Gasteiger partial charge in [0.15, 0.2) is 0 Å². The maximum atomic E-state index is 5.58. The zero-order chi connectivity index (χ0) is 10.3. The topological polar surface area (TPSA) is 67.1 Å². The lowest BCUT2D eigenvalue weighted by molar-refractivity contribution is 0.533. The molecular formula is C10H15N5. The molecule has 2 atom stereocenters. The van der Waals surface area contributed by atoms with E-state index in [0.717, 1.165) is 43.8 Å². The number of nitrogens with one attached hydrogen (secondary N) is 1. The Balaban J connectivity index is 1.79. The van der Waals surface area contributed by atoms with Crippen LogP contribution >= 0.6 is 0 Å². The summed E-state index contributed by atoms with van der Waals surface area (Å²) in [7, 11) is 0. The number of rotatable bonds is 1. The molecule has 3 heterocycles. The normalized spacial score (nSPS) is 29.5.